The molecule has 0 aliphatic rings. The fourth-order valence-electron chi connectivity index (χ4n) is 2.03. The zero-order chi connectivity index (χ0) is 14.7. The molecule has 0 fully saturated rings. The minimum absolute atomic E-state index is 0.521. The number of ether oxygens (including phenoxy) is 1. The fourth-order valence-corrected chi connectivity index (χ4v) is 2.03. The van der Waals surface area contributed by atoms with E-state index < -0.39 is 0 Å². The van der Waals surface area contributed by atoms with Crippen molar-refractivity contribution < 1.29 is 4.74 Å². The van der Waals surface area contributed by atoms with Gasteiger partial charge in [0.2, 0.25) is 0 Å². The largest absolute Gasteiger partial charge is 0.496 e. The molecular weight excluding hydrogens is 252 g/mol. The van der Waals surface area contributed by atoms with Gasteiger partial charge >= 0.3 is 0 Å². The molecule has 1 aromatic carbocycles. The van der Waals surface area contributed by atoms with Gasteiger partial charge in [-0.3, -0.25) is 0 Å². The van der Waals surface area contributed by atoms with E-state index in [0.717, 1.165) is 17.1 Å². The van der Waals surface area contributed by atoms with E-state index in [1.165, 1.54) is 11.1 Å². The van der Waals surface area contributed by atoms with Gasteiger partial charge in [-0.15, -0.1) is 0 Å². The molecule has 0 saturated carbocycles. The lowest BCUT2D eigenvalue weighted by Crippen LogP contribution is -2.09. The summed E-state index contributed by atoms with van der Waals surface area (Å²) < 4.78 is 5.45. The van der Waals surface area contributed by atoms with Gasteiger partial charge < -0.3 is 10.5 Å². The number of nitrogens with zero attached hydrogens (tertiary/aromatic N) is 3. The molecule has 0 spiro atoms. The predicted molar refractivity (Wildman–Crippen MR) is 78.8 cm³/mol. The third-order valence-corrected chi connectivity index (χ3v) is 3.22. The molecule has 0 aliphatic carbocycles. The average Bonchev–Trinajstić information content (AvgIpc) is 2.41. The fraction of sp³-hybridized carbons (Fsp3) is 0.400. The summed E-state index contributed by atoms with van der Waals surface area (Å²) in [6.45, 7) is 6.50. The first-order valence-electron chi connectivity index (χ1n) is 6.62. The third-order valence-electron chi connectivity index (χ3n) is 3.22. The van der Waals surface area contributed by atoms with E-state index in [4.69, 9.17) is 10.5 Å². The van der Waals surface area contributed by atoms with Crippen molar-refractivity contribution in [3.05, 3.63) is 34.9 Å². The molecule has 0 atom stereocenters. The summed E-state index contributed by atoms with van der Waals surface area (Å²) >= 11 is 0. The second-order valence-electron chi connectivity index (χ2n) is 4.80. The highest BCUT2D eigenvalue weighted by molar-refractivity contribution is 5.66. The Hall–Kier alpha value is -2.01. The van der Waals surface area contributed by atoms with Crippen LogP contribution >= 0.6 is 0 Å². The van der Waals surface area contributed by atoms with Crippen LogP contribution in [0.2, 0.25) is 0 Å². The average molecular weight is 272 g/mol. The Morgan fingerprint density at radius 1 is 1.05 bits per heavy atom. The van der Waals surface area contributed by atoms with Crippen molar-refractivity contribution >= 4 is 0 Å². The maximum Gasteiger partial charge on any atom is 0.167 e. The number of hydrogen-bond acceptors (Lipinski definition) is 5. The number of methoxy groups -OCH3 is 1. The third kappa shape index (κ3) is 2.93. The molecule has 2 N–H and O–H groups in total. The molecule has 2 rings (SSSR count). The Bertz CT molecular complexity index is 626. The van der Waals surface area contributed by atoms with Crippen molar-refractivity contribution in [3.63, 3.8) is 0 Å². The lowest BCUT2D eigenvalue weighted by molar-refractivity contribution is 0.415. The van der Waals surface area contributed by atoms with Crippen molar-refractivity contribution in [1.29, 1.82) is 0 Å². The van der Waals surface area contributed by atoms with Gasteiger partial charge in [0.25, 0.3) is 0 Å². The molecule has 0 amide bonds. The number of aryl methyl sites for hydroxylation is 3. The molecule has 106 valence electrons. The van der Waals surface area contributed by atoms with Crippen molar-refractivity contribution in [1.82, 2.24) is 15.0 Å². The maximum atomic E-state index is 5.57. The molecule has 5 nitrogen and oxygen atoms in total. The lowest BCUT2D eigenvalue weighted by atomic mass is 10.0. The summed E-state index contributed by atoms with van der Waals surface area (Å²) in [5.74, 6) is 2.83. The Balaban J connectivity index is 2.58. The van der Waals surface area contributed by atoms with Crippen LogP contribution in [0.15, 0.2) is 12.1 Å². The highest BCUT2D eigenvalue weighted by Gasteiger charge is 2.13. The van der Waals surface area contributed by atoms with Gasteiger partial charge in [0.05, 0.1) is 12.7 Å². The Labute approximate surface area is 119 Å². The Morgan fingerprint density at radius 3 is 2.40 bits per heavy atom. The monoisotopic (exact) mass is 272 g/mol. The highest BCUT2D eigenvalue weighted by Crippen LogP contribution is 2.30. The van der Waals surface area contributed by atoms with Crippen molar-refractivity contribution in [2.75, 3.05) is 13.7 Å². The van der Waals surface area contributed by atoms with E-state index in [0.29, 0.717) is 24.6 Å². The molecule has 0 bridgehead atoms. The van der Waals surface area contributed by atoms with Crippen LogP contribution in [-0.4, -0.2) is 28.6 Å². The second-order valence-corrected chi connectivity index (χ2v) is 4.80. The summed E-state index contributed by atoms with van der Waals surface area (Å²) in [5, 5.41) is 0. The SMILES string of the molecule is COc1cc(C)c(C)cc1-c1nc(C)nc(CCN)n1. The van der Waals surface area contributed by atoms with Crippen LogP contribution in [0.3, 0.4) is 0 Å². The number of benzene rings is 1. The Morgan fingerprint density at radius 2 is 1.75 bits per heavy atom. The van der Waals surface area contributed by atoms with Crippen molar-refractivity contribution in [2.45, 2.75) is 27.2 Å². The number of aromatic nitrogens is 3. The minimum atomic E-state index is 0.521. The van der Waals surface area contributed by atoms with Crippen molar-refractivity contribution in [2.24, 2.45) is 5.73 Å². The van der Waals surface area contributed by atoms with Crippen LogP contribution < -0.4 is 10.5 Å². The van der Waals surface area contributed by atoms with Crippen LogP contribution in [-0.2, 0) is 6.42 Å². The molecule has 2 aromatic rings. The van der Waals surface area contributed by atoms with Gasteiger partial charge in [-0.05, 0) is 50.6 Å². The predicted octanol–water partition coefficient (Wildman–Crippen LogP) is 1.97. The first-order chi connectivity index (χ1) is 9.55. The molecule has 0 unspecified atom stereocenters. The molecule has 20 heavy (non-hydrogen) atoms. The van der Waals surface area contributed by atoms with Gasteiger partial charge in [0.1, 0.15) is 17.4 Å². The smallest absolute Gasteiger partial charge is 0.167 e. The topological polar surface area (TPSA) is 73.9 Å². The van der Waals surface area contributed by atoms with Crippen LogP contribution in [0.1, 0.15) is 22.8 Å². The summed E-state index contributed by atoms with van der Waals surface area (Å²) in [6.07, 6.45) is 0.642. The minimum Gasteiger partial charge on any atom is -0.496 e. The maximum absolute atomic E-state index is 5.57. The number of rotatable bonds is 4. The summed E-state index contributed by atoms with van der Waals surface area (Å²) in [5.41, 5.74) is 8.82. The van der Waals surface area contributed by atoms with E-state index in [9.17, 15) is 0 Å². The molecule has 0 saturated heterocycles. The van der Waals surface area contributed by atoms with Gasteiger partial charge in [-0.2, -0.15) is 0 Å². The van der Waals surface area contributed by atoms with E-state index >= 15 is 0 Å². The van der Waals surface area contributed by atoms with E-state index in [2.05, 4.69) is 34.9 Å². The van der Waals surface area contributed by atoms with Gasteiger partial charge in [0, 0.05) is 6.42 Å². The molecule has 0 aliphatic heterocycles. The van der Waals surface area contributed by atoms with Crippen LogP contribution in [0.4, 0.5) is 0 Å². The number of hydrogen-bond donors (Lipinski definition) is 1. The van der Waals surface area contributed by atoms with Crippen LogP contribution in [0.25, 0.3) is 11.4 Å². The molecule has 1 heterocycles. The first-order valence-corrected chi connectivity index (χ1v) is 6.62. The van der Waals surface area contributed by atoms with E-state index in [1.54, 1.807) is 7.11 Å². The zero-order valence-corrected chi connectivity index (χ0v) is 12.4. The van der Waals surface area contributed by atoms with E-state index in [1.807, 2.05) is 13.0 Å². The van der Waals surface area contributed by atoms with Gasteiger partial charge in [-0.1, -0.05) is 0 Å². The lowest BCUT2D eigenvalue weighted by Gasteiger charge is -2.12. The molecule has 0 radical (unpaired) electrons. The van der Waals surface area contributed by atoms with E-state index in [-0.39, 0.29) is 0 Å². The number of nitrogens with two attached hydrogens (primary N) is 1. The molecular formula is C15H20N4O. The second kappa shape index (κ2) is 5.96. The van der Waals surface area contributed by atoms with Crippen LogP contribution in [0, 0.1) is 20.8 Å². The quantitative estimate of drug-likeness (QED) is 0.921. The summed E-state index contributed by atoms with van der Waals surface area (Å²) in [4.78, 5) is 13.2. The zero-order valence-electron chi connectivity index (χ0n) is 12.4. The first kappa shape index (κ1) is 14.4. The highest BCUT2D eigenvalue weighted by atomic mass is 16.5. The van der Waals surface area contributed by atoms with Crippen LogP contribution in [0.5, 0.6) is 5.75 Å². The normalized spacial score (nSPS) is 10.7. The summed E-state index contributed by atoms with van der Waals surface area (Å²) in [6, 6.07) is 4.06. The summed E-state index contributed by atoms with van der Waals surface area (Å²) in [7, 11) is 1.66. The van der Waals surface area contributed by atoms with Gasteiger partial charge in [-0.25, -0.2) is 15.0 Å². The molecule has 1 aromatic heterocycles. The Kier molecular flexibility index (Phi) is 4.29. The molecule has 5 heteroatoms. The van der Waals surface area contributed by atoms with Gasteiger partial charge in [0.15, 0.2) is 5.82 Å². The van der Waals surface area contributed by atoms with Crippen molar-refractivity contribution in [3.8, 4) is 17.1 Å². The standard InChI is InChI=1S/C15H20N4O/c1-9-7-12(13(20-4)8-10(9)2)15-18-11(3)17-14(19-15)5-6-16/h7-8H,5-6,16H2,1-4H3.